The number of thioether (sulfide) groups is 1. The van der Waals surface area contributed by atoms with E-state index in [4.69, 9.17) is 0 Å². The molecule has 0 radical (unpaired) electrons. The van der Waals surface area contributed by atoms with E-state index in [2.05, 4.69) is 47.6 Å². The Labute approximate surface area is 126 Å². The van der Waals surface area contributed by atoms with Crippen LogP contribution >= 0.6 is 11.8 Å². The van der Waals surface area contributed by atoms with Crippen molar-refractivity contribution >= 4 is 23.4 Å². The summed E-state index contributed by atoms with van der Waals surface area (Å²) in [6, 6.07) is 0. The molecule has 0 amide bonds. The first kappa shape index (κ1) is 15.4. The summed E-state index contributed by atoms with van der Waals surface area (Å²) < 4.78 is 0.414. The minimum absolute atomic E-state index is 0.402. The van der Waals surface area contributed by atoms with Gasteiger partial charge in [-0.2, -0.15) is 11.8 Å². The van der Waals surface area contributed by atoms with Crippen LogP contribution in [-0.2, 0) is 0 Å². The Hall–Kier alpha value is -0.970. The number of rotatable bonds is 7. The van der Waals surface area contributed by atoms with Crippen LogP contribution in [-0.4, -0.2) is 34.1 Å². The zero-order chi connectivity index (χ0) is 14.6. The third kappa shape index (κ3) is 3.19. The minimum atomic E-state index is 0.402. The Balaban J connectivity index is 2.16. The molecule has 0 aromatic carbocycles. The Morgan fingerprint density at radius 2 is 1.90 bits per heavy atom. The van der Waals surface area contributed by atoms with Gasteiger partial charge in [0.1, 0.15) is 18.0 Å². The summed E-state index contributed by atoms with van der Waals surface area (Å²) in [5.74, 6) is 2.36. The van der Waals surface area contributed by atoms with Gasteiger partial charge in [-0.1, -0.05) is 20.3 Å². The molecule has 2 N–H and O–H groups in total. The molecule has 0 aliphatic heterocycles. The van der Waals surface area contributed by atoms with Gasteiger partial charge in [-0.25, -0.2) is 9.97 Å². The lowest BCUT2D eigenvalue weighted by Gasteiger charge is -2.40. The lowest BCUT2D eigenvalue weighted by Crippen LogP contribution is -2.40. The van der Waals surface area contributed by atoms with Crippen LogP contribution in [0.3, 0.4) is 0 Å². The second-order valence-electron chi connectivity index (χ2n) is 5.76. The van der Waals surface area contributed by atoms with Crippen molar-refractivity contribution < 1.29 is 0 Å². The van der Waals surface area contributed by atoms with Gasteiger partial charge >= 0.3 is 0 Å². The molecular formula is C15H26N4S. The van der Waals surface area contributed by atoms with Crippen molar-refractivity contribution in [1.29, 1.82) is 0 Å². The molecule has 2 rings (SSSR count). The molecule has 1 aliphatic rings. The first-order chi connectivity index (χ1) is 9.62. The van der Waals surface area contributed by atoms with Gasteiger partial charge in [0, 0.05) is 23.4 Å². The normalized spacial score (nSPS) is 16.9. The van der Waals surface area contributed by atoms with E-state index in [0.29, 0.717) is 10.7 Å². The average molecular weight is 294 g/mol. The molecule has 1 saturated carbocycles. The first-order valence-corrected chi connectivity index (χ1v) is 8.72. The lowest BCUT2D eigenvalue weighted by molar-refractivity contribution is 0.379. The van der Waals surface area contributed by atoms with Crippen LogP contribution in [0.5, 0.6) is 0 Å². The topological polar surface area (TPSA) is 49.8 Å². The number of nitrogens with zero attached hydrogens (tertiary/aromatic N) is 2. The van der Waals surface area contributed by atoms with Gasteiger partial charge in [-0.3, -0.25) is 0 Å². The molecule has 0 saturated heterocycles. The monoisotopic (exact) mass is 294 g/mol. The molecule has 0 spiro atoms. The summed E-state index contributed by atoms with van der Waals surface area (Å²) in [6.45, 7) is 8.36. The highest BCUT2D eigenvalue weighted by molar-refractivity contribution is 8.00. The minimum Gasteiger partial charge on any atom is -0.370 e. The fourth-order valence-electron chi connectivity index (χ4n) is 2.66. The van der Waals surface area contributed by atoms with Gasteiger partial charge in [0.15, 0.2) is 0 Å². The summed E-state index contributed by atoms with van der Waals surface area (Å²) in [4.78, 5) is 8.85. The summed E-state index contributed by atoms with van der Waals surface area (Å²) in [5, 5.41) is 6.92. The van der Waals surface area contributed by atoms with Crippen molar-refractivity contribution in [3.8, 4) is 0 Å². The highest BCUT2D eigenvalue weighted by Crippen LogP contribution is 2.43. The Morgan fingerprint density at radius 1 is 1.25 bits per heavy atom. The molecule has 1 heterocycles. The van der Waals surface area contributed by atoms with Crippen LogP contribution in [0.25, 0.3) is 0 Å². The van der Waals surface area contributed by atoms with E-state index >= 15 is 0 Å². The standard InChI is InChI=1S/C15H26N4S/c1-5-16-13-12(11(2)3)14(19-10-18-13)17-9-15(20-4)7-6-8-15/h10-11H,5-9H2,1-4H3,(H2,16,17,18,19). The summed E-state index contributed by atoms with van der Waals surface area (Å²) >= 11 is 1.99. The maximum absolute atomic E-state index is 4.47. The van der Waals surface area contributed by atoms with Gasteiger partial charge in [-0.05, 0) is 31.9 Å². The molecular weight excluding hydrogens is 268 g/mol. The van der Waals surface area contributed by atoms with E-state index in [0.717, 1.165) is 24.7 Å². The highest BCUT2D eigenvalue weighted by Gasteiger charge is 2.36. The molecule has 0 bridgehead atoms. The fourth-order valence-corrected chi connectivity index (χ4v) is 3.57. The second kappa shape index (κ2) is 6.66. The summed E-state index contributed by atoms with van der Waals surface area (Å²) in [6.07, 6.45) is 7.84. The predicted molar refractivity (Wildman–Crippen MR) is 88.9 cm³/mol. The smallest absolute Gasteiger partial charge is 0.135 e. The van der Waals surface area contributed by atoms with E-state index in [1.54, 1.807) is 6.33 Å². The number of nitrogens with one attached hydrogen (secondary N) is 2. The largest absolute Gasteiger partial charge is 0.370 e. The van der Waals surface area contributed by atoms with E-state index in [-0.39, 0.29) is 0 Å². The first-order valence-electron chi connectivity index (χ1n) is 7.49. The molecule has 1 aromatic rings. The molecule has 1 aromatic heterocycles. The molecule has 1 fully saturated rings. The van der Waals surface area contributed by atoms with Gasteiger partial charge in [0.25, 0.3) is 0 Å². The number of hydrogen-bond donors (Lipinski definition) is 2. The average Bonchev–Trinajstić information content (AvgIpc) is 2.38. The SMILES string of the molecule is CCNc1ncnc(NCC2(SC)CCC2)c1C(C)C. The van der Waals surface area contributed by atoms with E-state index in [1.807, 2.05) is 11.8 Å². The molecule has 0 atom stereocenters. The van der Waals surface area contributed by atoms with Crippen LogP contribution < -0.4 is 10.6 Å². The second-order valence-corrected chi connectivity index (χ2v) is 7.04. The zero-order valence-electron chi connectivity index (χ0n) is 13.0. The Kier molecular flexibility index (Phi) is 5.13. The maximum Gasteiger partial charge on any atom is 0.135 e. The van der Waals surface area contributed by atoms with Crippen molar-refractivity contribution in [1.82, 2.24) is 9.97 Å². The zero-order valence-corrected chi connectivity index (χ0v) is 13.8. The van der Waals surface area contributed by atoms with Crippen molar-refractivity contribution in [2.24, 2.45) is 0 Å². The van der Waals surface area contributed by atoms with Crippen molar-refractivity contribution in [2.45, 2.75) is 50.7 Å². The van der Waals surface area contributed by atoms with Crippen LogP contribution in [0.1, 0.15) is 51.5 Å². The predicted octanol–water partition coefficient (Wildman–Crippen LogP) is 3.73. The quantitative estimate of drug-likeness (QED) is 0.802. The molecule has 5 heteroatoms. The van der Waals surface area contributed by atoms with E-state index < -0.39 is 0 Å². The Morgan fingerprint density at radius 3 is 2.35 bits per heavy atom. The molecule has 0 unspecified atom stereocenters. The van der Waals surface area contributed by atoms with Crippen LogP contribution in [0.2, 0.25) is 0 Å². The fraction of sp³-hybridized carbons (Fsp3) is 0.733. The van der Waals surface area contributed by atoms with Crippen LogP contribution in [0, 0.1) is 0 Å². The molecule has 20 heavy (non-hydrogen) atoms. The van der Waals surface area contributed by atoms with Gasteiger partial charge < -0.3 is 10.6 Å². The summed E-state index contributed by atoms with van der Waals surface area (Å²) in [7, 11) is 0. The van der Waals surface area contributed by atoms with E-state index in [1.165, 1.54) is 24.8 Å². The van der Waals surface area contributed by atoms with Gasteiger partial charge in [-0.15, -0.1) is 0 Å². The highest BCUT2D eigenvalue weighted by atomic mass is 32.2. The van der Waals surface area contributed by atoms with Crippen LogP contribution in [0.15, 0.2) is 6.33 Å². The van der Waals surface area contributed by atoms with Crippen molar-refractivity contribution in [2.75, 3.05) is 30.0 Å². The molecule has 1 aliphatic carbocycles. The maximum atomic E-state index is 4.47. The van der Waals surface area contributed by atoms with Crippen LogP contribution in [0.4, 0.5) is 11.6 Å². The van der Waals surface area contributed by atoms with Gasteiger partial charge in [0.05, 0.1) is 0 Å². The van der Waals surface area contributed by atoms with Gasteiger partial charge in [0.2, 0.25) is 0 Å². The summed E-state index contributed by atoms with van der Waals surface area (Å²) in [5.41, 5.74) is 1.20. The lowest BCUT2D eigenvalue weighted by atomic mass is 9.84. The Bertz CT molecular complexity index is 438. The molecule has 112 valence electrons. The number of aromatic nitrogens is 2. The molecule has 4 nitrogen and oxygen atoms in total. The van der Waals surface area contributed by atoms with E-state index in [9.17, 15) is 0 Å². The number of hydrogen-bond acceptors (Lipinski definition) is 5. The third-order valence-electron chi connectivity index (χ3n) is 4.08. The van der Waals surface area contributed by atoms with Crippen molar-refractivity contribution in [3.05, 3.63) is 11.9 Å². The van der Waals surface area contributed by atoms with Crippen molar-refractivity contribution in [3.63, 3.8) is 0 Å². The third-order valence-corrected chi connectivity index (χ3v) is 5.50. The number of anilines is 2.